The van der Waals surface area contributed by atoms with E-state index in [2.05, 4.69) is 32.2 Å². The number of hydrogen-bond acceptors (Lipinski definition) is 5. The van der Waals surface area contributed by atoms with Gasteiger partial charge in [-0.1, -0.05) is 0 Å². The highest BCUT2D eigenvalue weighted by atomic mass is 16.2. The van der Waals surface area contributed by atoms with E-state index in [1.54, 1.807) is 13.1 Å². The van der Waals surface area contributed by atoms with Gasteiger partial charge in [-0.05, 0) is 25.5 Å². The van der Waals surface area contributed by atoms with Crippen molar-refractivity contribution in [2.75, 3.05) is 31.1 Å². The number of carbonyl (C=O) groups excluding carboxylic acids is 1. The van der Waals surface area contributed by atoms with E-state index in [1.165, 1.54) is 5.69 Å². The number of H-pyrrole nitrogens is 1. The number of carbonyl (C=O) groups is 1. The molecular formula is C14H18N6O. The monoisotopic (exact) mass is 286 g/mol. The standard InChI is InChI=1S/C14H18N6O/c1-10-9-15-4-3-12(10)19-5-7-20(8-6-19)14(21)13-11(2)16-18-17-13/h3-4,9H,5-8H2,1-2H3,(H,16,17,18). The predicted octanol–water partition coefficient (Wildman–Crippen LogP) is 0.779. The minimum atomic E-state index is -0.0487. The van der Waals surface area contributed by atoms with E-state index in [9.17, 15) is 4.79 Å². The highest BCUT2D eigenvalue weighted by Crippen LogP contribution is 2.20. The fraction of sp³-hybridized carbons (Fsp3) is 0.429. The number of aromatic nitrogens is 4. The number of anilines is 1. The summed E-state index contributed by atoms with van der Waals surface area (Å²) in [4.78, 5) is 20.6. The zero-order chi connectivity index (χ0) is 14.8. The molecule has 1 amide bonds. The largest absolute Gasteiger partial charge is 0.368 e. The summed E-state index contributed by atoms with van der Waals surface area (Å²) in [5.74, 6) is -0.0487. The molecule has 21 heavy (non-hydrogen) atoms. The van der Waals surface area contributed by atoms with Gasteiger partial charge in [-0.3, -0.25) is 9.78 Å². The fourth-order valence-electron chi connectivity index (χ4n) is 2.61. The third kappa shape index (κ3) is 2.58. The van der Waals surface area contributed by atoms with Crippen molar-refractivity contribution in [3.8, 4) is 0 Å². The highest BCUT2D eigenvalue weighted by Gasteiger charge is 2.25. The molecule has 1 aliphatic rings. The summed E-state index contributed by atoms with van der Waals surface area (Å²) in [6.45, 7) is 6.84. The van der Waals surface area contributed by atoms with Crippen LogP contribution < -0.4 is 4.90 Å². The van der Waals surface area contributed by atoms with E-state index < -0.39 is 0 Å². The molecule has 2 aromatic rings. The van der Waals surface area contributed by atoms with E-state index in [-0.39, 0.29) is 5.91 Å². The van der Waals surface area contributed by atoms with E-state index >= 15 is 0 Å². The van der Waals surface area contributed by atoms with Crippen LogP contribution in [0.4, 0.5) is 5.69 Å². The summed E-state index contributed by atoms with van der Waals surface area (Å²) in [5.41, 5.74) is 3.41. The molecule has 0 bridgehead atoms. The Bertz CT molecular complexity index is 644. The van der Waals surface area contributed by atoms with Crippen molar-refractivity contribution in [1.29, 1.82) is 0 Å². The van der Waals surface area contributed by atoms with Gasteiger partial charge >= 0.3 is 0 Å². The Labute approximate surface area is 123 Å². The SMILES string of the molecule is Cc1cnccc1N1CCN(C(=O)c2n[nH]nc2C)CC1. The van der Waals surface area contributed by atoms with Crippen LogP contribution in [0.5, 0.6) is 0 Å². The summed E-state index contributed by atoms with van der Waals surface area (Å²) in [5, 5.41) is 10.3. The van der Waals surface area contributed by atoms with Crippen molar-refractivity contribution in [2.45, 2.75) is 13.8 Å². The molecule has 1 aliphatic heterocycles. The first kappa shape index (κ1) is 13.5. The van der Waals surface area contributed by atoms with Gasteiger partial charge in [0.05, 0.1) is 5.69 Å². The van der Waals surface area contributed by atoms with Gasteiger partial charge < -0.3 is 9.80 Å². The molecule has 0 spiro atoms. The first-order chi connectivity index (χ1) is 10.2. The molecule has 0 radical (unpaired) electrons. The van der Waals surface area contributed by atoms with Crippen molar-refractivity contribution in [1.82, 2.24) is 25.3 Å². The third-order valence-electron chi connectivity index (χ3n) is 3.82. The number of nitrogens with zero attached hydrogens (tertiary/aromatic N) is 5. The van der Waals surface area contributed by atoms with Gasteiger partial charge in [0.1, 0.15) is 0 Å². The van der Waals surface area contributed by atoms with E-state index in [1.807, 2.05) is 17.2 Å². The molecule has 0 aromatic carbocycles. The molecule has 110 valence electrons. The topological polar surface area (TPSA) is 78.0 Å². The maximum absolute atomic E-state index is 12.4. The van der Waals surface area contributed by atoms with Gasteiger partial charge in [0.25, 0.3) is 5.91 Å². The molecule has 7 heteroatoms. The Hall–Kier alpha value is -2.44. The van der Waals surface area contributed by atoms with Crippen LogP contribution in [-0.2, 0) is 0 Å². The summed E-state index contributed by atoms with van der Waals surface area (Å²) in [6, 6.07) is 2.02. The average molecular weight is 286 g/mol. The van der Waals surface area contributed by atoms with Crippen molar-refractivity contribution in [3.63, 3.8) is 0 Å². The molecular weight excluding hydrogens is 268 g/mol. The smallest absolute Gasteiger partial charge is 0.276 e. The lowest BCUT2D eigenvalue weighted by atomic mass is 10.2. The Morgan fingerprint density at radius 3 is 2.57 bits per heavy atom. The summed E-state index contributed by atoms with van der Waals surface area (Å²) >= 11 is 0. The maximum atomic E-state index is 12.4. The number of pyridine rings is 1. The lowest BCUT2D eigenvalue weighted by Crippen LogP contribution is -2.49. The van der Waals surface area contributed by atoms with Gasteiger partial charge in [-0.15, -0.1) is 0 Å². The molecule has 0 unspecified atom stereocenters. The molecule has 3 rings (SSSR count). The van der Waals surface area contributed by atoms with Crippen molar-refractivity contribution < 1.29 is 4.79 Å². The minimum absolute atomic E-state index is 0.0487. The van der Waals surface area contributed by atoms with Crippen LogP contribution in [0.3, 0.4) is 0 Å². The van der Waals surface area contributed by atoms with Gasteiger partial charge in [-0.25, -0.2) is 0 Å². The van der Waals surface area contributed by atoms with E-state index in [0.29, 0.717) is 24.5 Å². The van der Waals surface area contributed by atoms with Crippen LogP contribution in [-0.4, -0.2) is 57.4 Å². The van der Waals surface area contributed by atoms with Crippen LogP contribution >= 0.6 is 0 Å². The molecule has 0 aliphatic carbocycles. The second-order valence-corrected chi connectivity index (χ2v) is 5.20. The molecule has 1 N–H and O–H groups in total. The second-order valence-electron chi connectivity index (χ2n) is 5.20. The molecule has 0 saturated carbocycles. The zero-order valence-electron chi connectivity index (χ0n) is 12.2. The molecule has 7 nitrogen and oxygen atoms in total. The van der Waals surface area contributed by atoms with Gasteiger partial charge in [0.2, 0.25) is 0 Å². The second kappa shape index (κ2) is 5.51. The van der Waals surface area contributed by atoms with Crippen LogP contribution in [0.2, 0.25) is 0 Å². The quantitative estimate of drug-likeness (QED) is 0.882. The Kier molecular flexibility index (Phi) is 3.55. The Morgan fingerprint density at radius 1 is 1.19 bits per heavy atom. The number of nitrogens with one attached hydrogen (secondary N) is 1. The summed E-state index contributed by atoms with van der Waals surface area (Å²) in [7, 11) is 0. The van der Waals surface area contributed by atoms with Crippen molar-refractivity contribution in [2.24, 2.45) is 0 Å². The minimum Gasteiger partial charge on any atom is -0.368 e. The average Bonchev–Trinajstić information content (AvgIpc) is 2.93. The molecule has 1 saturated heterocycles. The van der Waals surface area contributed by atoms with Crippen LogP contribution in [0.25, 0.3) is 0 Å². The van der Waals surface area contributed by atoms with Crippen LogP contribution in [0.15, 0.2) is 18.5 Å². The maximum Gasteiger partial charge on any atom is 0.276 e. The number of amides is 1. The lowest BCUT2D eigenvalue weighted by Gasteiger charge is -2.36. The van der Waals surface area contributed by atoms with E-state index in [4.69, 9.17) is 0 Å². The molecule has 3 heterocycles. The summed E-state index contributed by atoms with van der Waals surface area (Å²) < 4.78 is 0. The first-order valence-electron chi connectivity index (χ1n) is 6.99. The third-order valence-corrected chi connectivity index (χ3v) is 3.82. The number of aryl methyl sites for hydroxylation is 2. The van der Waals surface area contributed by atoms with Crippen molar-refractivity contribution >= 4 is 11.6 Å². The van der Waals surface area contributed by atoms with Gasteiger partial charge in [0.15, 0.2) is 5.69 Å². The molecule has 0 atom stereocenters. The van der Waals surface area contributed by atoms with Crippen molar-refractivity contribution in [3.05, 3.63) is 35.4 Å². The predicted molar refractivity (Wildman–Crippen MR) is 78.2 cm³/mol. The fourth-order valence-corrected chi connectivity index (χ4v) is 2.61. The summed E-state index contributed by atoms with van der Waals surface area (Å²) in [6.07, 6.45) is 3.67. The first-order valence-corrected chi connectivity index (χ1v) is 6.99. The number of rotatable bonds is 2. The normalized spacial score (nSPS) is 15.3. The zero-order valence-corrected chi connectivity index (χ0v) is 12.2. The number of piperazine rings is 1. The number of hydrogen-bond donors (Lipinski definition) is 1. The Morgan fingerprint density at radius 2 is 1.95 bits per heavy atom. The molecule has 2 aromatic heterocycles. The van der Waals surface area contributed by atoms with E-state index in [0.717, 1.165) is 18.7 Å². The molecule has 1 fully saturated rings. The highest BCUT2D eigenvalue weighted by molar-refractivity contribution is 5.93. The Balaban J connectivity index is 1.67. The van der Waals surface area contributed by atoms with Crippen LogP contribution in [0.1, 0.15) is 21.7 Å². The van der Waals surface area contributed by atoms with Gasteiger partial charge in [-0.2, -0.15) is 15.4 Å². The van der Waals surface area contributed by atoms with Crippen LogP contribution in [0, 0.1) is 13.8 Å². The lowest BCUT2D eigenvalue weighted by molar-refractivity contribution is 0.0740. The van der Waals surface area contributed by atoms with Gasteiger partial charge in [0, 0.05) is 44.3 Å². The number of aromatic amines is 1.